The largest absolute Gasteiger partial charge is 0.297 e. The van der Waals surface area contributed by atoms with Gasteiger partial charge in [0.25, 0.3) is 0 Å². The zero-order valence-corrected chi connectivity index (χ0v) is 13.8. The van der Waals surface area contributed by atoms with E-state index >= 15 is 0 Å². The van der Waals surface area contributed by atoms with Crippen LogP contribution < -0.4 is 5.32 Å². The molecule has 2 unspecified atom stereocenters. The van der Waals surface area contributed by atoms with Gasteiger partial charge in [0, 0.05) is 24.7 Å². The highest BCUT2D eigenvalue weighted by atomic mass is 15.2. The Morgan fingerprint density at radius 3 is 2.43 bits per heavy atom. The summed E-state index contributed by atoms with van der Waals surface area (Å²) in [7, 11) is 0. The molecule has 21 heavy (non-hydrogen) atoms. The Morgan fingerprint density at radius 1 is 1.14 bits per heavy atom. The topological polar surface area (TPSA) is 39.1 Å². The van der Waals surface area contributed by atoms with Crippen LogP contribution in [0.2, 0.25) is 0 Å². The number of rotatable bonds is 6. The number of hydrogen-bond donors (Lipinski definition) is 1. The van der Waals surface area contributed by atoms with Crippen LogP contribution in [0, 0.1) is 17.2 Å². The third-order valence-corrected chi connectivity index (χ3v) is 5.60. The second-order valence-corrected chi connectivity index (χ2v) is 8.04. The molecule has 0 saturated heterocycles. The first kappa shape index (κ1) is 15.3. The molecule has 3 aliphatic rings. The second-order valence-electron chi connectivity index (χ2n) is 8.04. The molecular weight excluding hydrogens is 258 g/mol. The van der Waals surface area contributed by atoms with E-state index in [4.69, 9.17) is 0 Å². The van der Waals surface area contributed by atoms with Crippen LogP contribution in [0.5, 0.6) is 0 Å². The van der Waals surface area contributed by atoms with Gasteiger partial charge in [0.15, 0.2) is 0 Å². The first-order valence-corrected chi connectivity index (χ1v) is 9.06. The minimum absolute atomic E-state index is 0.223. The van der Waals surface area contributed by atoms with Crippen molar-refractivity contribution in [3.8, 4) is 6.07 Å². The van der Waals surface area contributed by atoms with Crippen molar-refractivity contribution < 1.29 is 0 Å². The van der Waals surface area contributed by atoms with Gasteiger partial charge in [0.2, 0.25) is 0 Å². The lowest BCUT2D eigenvalue weighted by atomic mass is 9.98. The normalized spacial score (nSPS) is 34.0. The molecule has 0 aromatic carbocycles. The summed E-state index contributed by atoms with van der Waals surface area (Å²) in [6, 6.07) is 4.68. The third kappa shape index (κ3) is 3.60. The van der Waals surface area contributed by atoms with Gasteiger partial charge in [-0.05, 0) is 50.9 Å². The molecule has 118 valence electrons. The number of hydrogen-bond acceptors (Lipinski definition) is 3. The number of nitriles is 1. The summed E-state index contributed by atoms with van der Waals surface area (Å²) in [5.74, 6) is 0.721. The molecule has 0 heterocycles. The van der Waals surface area contributed by atoms with Crippen LogP contribution in [-0.2, 0) is 0 Å². The summed E-state index contributed by atoms with van der Waals surface area (Å²) in [5.41, 5.74) is -0.223. The highest BCUT2D eigenvalue weighted by Gasteiger charge is 2.45. The van der Waals surface area contributed by atoms with Gasteiger partial charge < -0.3 is 0 Å². The Labute approximate surface area is 130 Å². The summed E-state index contributed by atoms with van der Waals surface area (Å²) in [6.07, 6.45) is 11.4. The molecule has 0 aliphatic heterocycles. The fourth-order valence-corrected chi connectivity index (χ4v) is 4.44. The molecule has 2 atom stereocenters. The van der Waals surface area contributed by atoms with Gasteiger partial charge in [0.1, 0.15) is 5.54 Å². The lowest BCUT2D eigenvalue weighted by molar-refractivity contribution is 0.116. The van der Waals surface area contributed by atoms with Gasteiger partial charge in [-0.3, -0.25) is 10.2 Å². The highest BCUT2D eigenvalue weighted by Crippen LogP contribution is 2.38. The molecule has 3 saturated carbocycles. The lowest BCUT2D eigenvalue weighted by Crippen LogP contribution is -2.47. The maximum absolute atomic E-state index is 9.71. The van der Waals surface area contributed by atoms with Crippen molar-refractivity contribution in [1.29, 1.82) is 5.26 Å². The van der Waals surface area contributed by atoms with Crippen LogP contribution in [0.15, 0.2) is 0 Å². The van der Waals surface area contributed by atoms with Crippen LogP contribution in [0.4, 0.5) is 0 Å². The van der Waals surface area contributed by atoms with Gasteiger partial charge in [-0.2, -0.15) is 5.26 Å². The van der Waals surface area contributed by atoms with E-state index in [1.54, 1.807) is 0 Å². The van der Waals surface area contributed by atoms with Crippen molar-refractivity contribution in [2.24, 2.45) is 5.92 Å². The maximum Gasteiger partial charge on any atom is 0.108 e. The van der Waals surface area contributed by atoms with E-state index in [1.165, 1.54) is 51.5 Å². The molecule has 1 N–H and O–H groups in total. The van der Waals surface area contributed by atoms with Gasteiger partial charge in [-0.15, -0.1) is 0 Å². The first-order valence-electron chi connectivity index (χ1n) is 9.06. The minimum atomic E-state index is -0.223. The second kappa shape index (κ2) is 6.26. The maximum atomic E-state index is 9.71. The molecule has 3 heteroatoms. The van der Waals surface area contributed by atoms with Gasteiger partial charge >= 0.3 is 0 Å². The van der Waals surface area contributed by atoms with Gasteiger partial charge in [0.05, 0.1) is 6.07 Å². The van der Waals surface area contributed by atoms with Crippen LogP contribution in [-0.4, -0.2) is 35.1 Å². The summed E-state index contributed by atoms with van der Waals surface area (Å²) in [4.78, 5) is 2.78. The summed E-state index contributed by atoms with van der Waals surface area (Å²) in [5, 5.41) is 13.4. The zero-order valence-electron chi connectivity index (χ0n) is 13.8. The first-order chi connectivity index (χ1) is 10.1. The molecule has 3 aliphatic carbocycles. The number of nitrogens with one attached hydrogen (secondary N) is 1. The average molecular weight is 289 g/mol. The summed E-state index contributed by atoms with van der Waals surface area (Å²) in [6.45, 7) is 5.87. The third-order valence-electron chi connectivity index (χ3n) is 5.60. The van der Waals surface area contributed by atoms with Crippen molar-refractivity contribution in [2.75, 3.05) is 6.54 Å². The molecule has 0 amide bonds. The van der Waals surface area contributed by atoms with E-state index in [0.717, 1.165) is 24.8 Å². The monoisotopic (exact) mass is 289 g/mol. The van der Waals surface area contributed by atoms with Crippen molar-refractivity contribution in [3.05, 3.63) is 0 Å². The highest BCUT2D eigenvalue weighted by molar-refractivity contribution is 5.15. The van der Waals surface area contributed by atoms with Gasteiger partial charge in [-0.25, -0.2) is 0 Å². The zero-order chi connectivity index (χ0) is 14.9. The smallest absolute Gasteiger partial charge is 0.108 e. The van der Waals surface area contributed by atoms with Crippen LogP contribution in [0.1, 0.15) is 71.6 Å². The standard InChI is InChI=1S/C18H31N3/c1-14(2)12-21(16-5-3-4-6-16)17-9-10-18(11-17,13-19)20-15-7-8-15/h14-17,20H,3-12H2,1-2H3. The van der Waals surface area contributed by atoms with Crippen molar-refractivity contribution in [2.45, 2.75) is 95.3 Å². The Balaban J connectivity index is 1.66. The number of nitrogens with zero attached hydrogens (tertiary/aromatic N) is 2. The predicted octanol–water partition coefficient (Wildman–Crippen LogP) is 3.45. The predicted molar refractivity (Wildman–Crippen MR) is 85.9 cm³/mol. The molecule has 3 rings (SSSR count). The van der Waals surface area contributed by atoms with Crippen LogP contribution in [0.3, 0.4) is 0 Å². The molecule has 0 aromatic rings. The molecule has 3 nitrogen and oxygen atoms in total. The minimum Gasteiger partial charge on any atom is -0.297 e. The quantitative estimate of drug-likeness (QED) is 0.814. The Bertz CT molecular complexity index is 390. The molecule has 0 aromatic heterocycles. The molecular formula is C18H31N3. The molecule has 0 radical (unpaired) electrons. The average Bonchev–Trinajstić information content (AvgIpc) is 2.94. The van der Waals surface area contributed by atoms with Crippen LogP contribution in [0.25, 0.3) is 0 Å². The summed E-state index contributed by atoms with van der Waals surface area (Å²) < 4.78 is 0. The van der Waals surface area contributed by atoms with Crippen molar-refractivity contribution >= 4 is 0 Å². The van der Waals surface area contributed by atoms with Crippen molar-refractivity contribution in [1.82, 2.24) is 10.2 Å². The summed E-state index contributed by atoms with van der Waals surface area (Å²) >= 11 is 0. The van der Waals surface area contributed by atoms with Crippen molar-refractivity contribution in [3.63, 3.8) is 0 Å². The Hall–Kier alpha value is -0.590. The fourth-order valence-electron chi connectivity index (χ4n) is 4.44. The van der Waals surface area contributed by atoms with Gasteiger partial charge in [-0.1, -0.05) is 26.7 Å². The fraction of sp³-hybridized carbons (Fsp3) is 0.944. The molecule has 3 fully saturated rings. The Kier molecular flexibility index (Phi) is 4.57. The molecule has 0 spiro atoms. The Morgan fingerprint density at radius 2 is 1.86 bits per heavy atom. The SMILES string of the molecule is CC(C)CN(C1CCCC1)C1CCC(C#N)(NC2CC2)C1. The van der Waals surface area contributed by atoms with E-state index in [9.17, 15) is 5.26 Å². The van der Waals surface area contributed by atoms with E-state index in [1.807, 2.05) is 0 Å². The van der Waals surface area contributed by atoms with E-state index in [-0.39, 0.29) is 5.54 Å². The molecule has 0 bridgehead atoms. The van der Waals surface area contributed by atoms with E-state index in [2.05, 4.69) is 30.1 Å². The van der Waals surface area contributed by atoms with Crippen LogP contribution >= 0.6 is 0 Å². The van der Waals surface area contributed by atoms with E-state index in [0.29, 0.717) is 12.1 Å². The lowest BCUT2D eigenvalue weighted by Gasteiger charge is -2.36. The van der Waals surface area contributed by atoms with E-state index < -0.39 is 0 Å².